The van der Waals surface area contributed by atoms with Crippen LogP contribution in [0.4, 0.5) is 0 Å². The Balaban J connectivity index is 2.58. The number of nitrogens with zero attached hydrogens (tertiary/aromatic N) is 2. The van der Waals surface area contributed by atoms with Gasteiger partial charge < -0.3 is 10.6 Å². The van der Waals surface area contributed by atoms with Crippen molar-refractivity contribution in [1.82, 2.24) is 9.80 Å². The van der Waals surface area contributed by atoms with Crippen molar-refractivity contribution in [2.24, 2.45) is 5.73 Å². The van der Waals surface area contributed by atoms with Crippen molar-refractivity contribution in [2.75, 3.05) is 40.3 Å². The molecular formula is C13H29N3. The zero-order valence-electron chi connectivity index (χ0n) is 11.3. The first-order chi connectivity index (χ1) is 7.64. The van der Waals surface area contributed by atoms with Crippen LogP contribution >= 0.6 is 0 Å². The summed E-state index contributed by atoms with van der Waals surface area (Å²) in [5.41, 5.74) is 6.37. The Morgan fingerprint density at radius 2 is 1.69 bits per heavy atom. The SMILES string of the molecule is CCN(CCN(C)C)C1(CN)CCCCC1. The Morgan fingerprint density at radius 3 is 2.12 bits per heavy atom. The molecule has 3 heteroatoms. The number of likely N-dealkylation sites (N-methyl/N-ethyl adjacent to an activating group) is 2. The third kappa shape index (κ3) is 3.44. The maximum absolute atomic E-state index is 6.07. The molecule has 0 aromatic carbocycles. The Hall–Kier alpha value is -0.120. The molecular weight excluding hydrogens is 198 g/mol. The van der Waals surface area contributed by atoms with Crippen LogP contribution in [0.15, 0.2) is 0 Å². The molecule has 1 saturated carbocycles. The first-order valence-electron chi connectivity index (χ1n) is 6.74. The molecule has 96 valence electrons. The van der Waals surface area contributed by atoms with Crippen molar-refractivity contribution in [1.29, 1.82) is 0 Å². The molecule has 3 nitrogen and oxygen atoms in total. The Kier molecular flexibility index (Phi) is 5.73. The van der Waals surface area contributed by atoms with Crippen LogP contribution in [0, 0.1) is 0 Å². The van der Waals surface area contributed by atoms with Gasteiger partial charge in [-0.3, -0.25) is 4.90 Å². The molecule has 0 bridgehead atoms. The molecule has 0 saturated heterocycles. The van der Waals surface area contributed by atoms with E-state index in [1.54, 1.807) is 0 Å². The molecule has 1 aliphatic carbocycles. The van der Waals surface area contributed by atoms with Gasteiger partial charge in [-0.2, -0.15) is 0 Å². The van der Waals surface area contributed by atoms with E-state index in [1.165, 1.54) is 32.1 Å². The average molecular weight is 227 g/mol. The molecule has 0 spiro atoms. The molecule has 0 heterocycles. The van der Waals surface area contributed by atoms with Gasteiger partial charge >= 0.3 is 0 Å². The lowest BCUT2D eigenvalue weighted by Crippen LogP contribution is -2.56. The van der Waals surface area contributed by atoms with Crippen LogP contribution in [0.5, 0.6) is 0 Å². The fraction of sp³-hybridized carbons (Fsp3) is 1.00. The minimum absolute atomic E-state index is 0.309. The van der Waals surface area contributed by atoms with Gasteiger partial charge in [0.15, 0.2) is 0 Å². The van der Waals surface area contributed by atoms with Crippen molar-refractivity contribution >= 4 is 0 Å². The van der Waals surface area contributed by atoms with E-state index in [0.717, 1.165) is 26.2 Å². The Bertz CT molecular complexity index is 186. The molecule has 0 aliphatic heterocycles. The van der Waals surface area contributed by atoms with Gasteiger partial charge in [-0.1, -0.05) is 26.2 Å². The van der Waals surface area contributed by atoms with Crippen LogP contribution in [0.3, 0.4) is 0 Å². The highest BCUT2D eigenvalue weighted by atomic mass is 15.2. The van der Waals surface area contributed by atoms with Gasteiger partial charge in [0, 0.05) is 25.2 Å². The summed E-state index contributed by atoms with van der Waals surface area (Å²) in [5, 5.41) is 0. The summed E-state index contributed by atoms with van der Waals surface area (Å²) in [7, 11) is 4.29. The van der Waals surface area contributed by atoms with Crippen molar-refractivity contribution in [3.63, 3.8) is 0 Å². The van der Waals surface area contributed by atoms with Crippen LogP contribution < -0.4 is 5.73 Å². The highest BCUT2D eigenvalue weighted by Crippen LogP contribution is 2.32. The lowest BCUT2D eigenvalue weighted by molar-refractivity contribution is 0.0562. The number of hydrogen-bond donors (Lipinski definition) is 1. The van der Waals surface area contributed by atoms with Crippen LogP contribution in [-0.2, 0) is 0 Å². The first kappa shape index (κ1) is 13.9. The van der Waals surface area contributed by atoms with Crippen LogP contribution in [0.1, 0.15) is 39.0 Å². The van der Waals surface area contributed by atoms with Gasteiger partial charge in [-0.05, 0) is 33.5 Å². The summed E-state index contributed by atoms with van der Waals surface area (Å²) >= 11 is 0. The highest BCUT2D eigenvalue weighted by molar-refractivity contribution is 4.93. The number of nitrogens with two attached hydrogens (primary N) is 1. The Morgan fingerprint density at radius 1 is 1.06 bits per heavy atom. The van der Waals surface area contributed by atoms with Crippen LogP contribution in [-0.4, -0.2) is 55.6 Å². The maximum atomic E-state index is 6.07. The zero-order chi connectivity index (χ0) is 12.0. The summed E-state index contributed by atoms with van der Waals surface area (Å²) in [6.45, 7) is 6.51. The molecule has 0 atom stereocenters. The molecule has 1 aliphatic rings. The number of hydrogen-bond acceptors (Lipinski definition) is 3. The van der Waals surface area contributed by atoms with Crippen molar-refractivity contribution in [3.8, 4) is 0 Å². The largest absolute Gasteiger partial charge is 0.329 e. The number of rotatable bonds is 6. The predicted molar refractivity (Wildman–Crippen MR) is 70.7 cm³/mol. The van der Waals surface area contributed by atoms with Crippen LogP contribution in [0.25, 0.3) is 0 Å². The summed E-state index contributed by atoms with van der Waals surface area (Å²) in [6, 6.07) is 0. The Labute approximate surface area is 101 Å². The smallest absolute Gasteiger partial charge is 0.0332 e. The lowest BCUT2D eigenvalue weighted by Gasteiger charge is -2.46. The minimum Gasteiger partial charge on any atom is -0.329 e. The van der Waals surface area contributed by atoms with E-state index in [0.29, 0.717) is 5.54 Å². The normalized spacial score (nSPS) is 20.6. The summed E-state index contributed by atoms with van der Waals surface area (Å²) < 4.78 is 0. The molecule has 1 rings (SSSR count). The van der Waals surface area contributed by atoms with Crippen LogP contribution in [0.2, 0.25) is 0 Å². The van der Waals surface area contributed by atoms with Gasteiger partial charge in [0.1, 0.15) is 0 Å². The van der Waals surface area contributed by atoms with Gasteiger partial charge in [-0.15, -0.1) is 0 Å². The minimum atomic E-state index is 0.309. The molecule has 2 N–H and O–H groups in total. The predicted octanol–water partition coefficient (Wildman–Crippen LogP) is 1.53. The van der Waals surface area contributed by atoms with Crippen molar-refractivity contribution < 1.29 is 0 Å². The fourth-order valence-electron chi connectivity index (χ4n) is 2.91. The quantitative estimate of drug-likeness (QED) is 0.747. The lowest BCUT2D eigenvalue weighted by atomic mass is 9.80. The fourth-order valence-corrected chi connectivity index (χ4v) is 2.91. The van der Waals surface area contributed by atoms with Gasteiger partial charge in [-0.25, -0.2) is 0 Å². The molecule has 16 heavy (non-hydrogen) atoms. The summed E-state index contributed by atoms with van der Waals surface area (Å²) in [5.74, 6) is 0. The van der Waals surface area contributed by atoms with E-state index in [-0.39, 0.29) is 0 Å². The third-order valence-corrected chi connectivity index (χ3v) is 4.03. The topological polar surface area (TPSA) is 32.5 Å². The molecule has 0 aromatic heterocycles. The van der Waals surface area contributed by atoms with E-state index in [1.807, 2.05) is 0 Å². The van der Waals surface area contributed by atoms with E-state index in [2.05, 4.69) is 30.8 Å². The van der Waals surface area contributed by atoms with E-state index in [4.69, 9.17) is 5.73 Å². The average Bonchev–Trinajstić information content (AvgIpc) is 2.30. The molecule has 0 amide bonds. The summed E-state index contributed by atoms with van der Waals surface area (Å²) in [6.07, 6.45) is 6.70. The van der Waals surface area contributed by atoms with E-state index >= 15 is 0 Å². The van der Waals surface area contributed by atoms with Gasteiger partial charge in [0.05, 0.1) is 0 Å². The molecule has 1 fully saturated rings. The molecule has 0 aromatic rings. The maximum Gasteiger partial charge on any atom is 0.0332 e. The second-order valence-corrected chi connectivity index (χ2v) is 5.37. The molecule has 0 unspecified atom stereocenters. The highest BCUT2D eigenvalue weighted by Gasteiger charge is 2.35. The standard InChI is InChI=1S/C13H29N3/c1-4-16(11-10-15(2)3)13(12-14)8-6-5-7-9-13/h4-12,14H2,1-3H3. The third-order valence-electron chi connectivity index (χ3n) is 4.03. The summed E-state index contributed by atoms with van der Waals surface area (Å²) in [4.78, 5) is 4.88. The van der Waals surface area contributed by atoms with Crippen molar-refractivity contribution in [2.45, 2.75) is 44.6 Å². The van der Waals surface area contributed by atoms with E-state index in [9.17, 15) is 0 Å². The van der Waals surface area contributed by atoms with Crippen molar-refractivity contribution in [3.05, 3.63) is 0 Å². The zero-order valence-corrected chi connectivity index (χ0v) is 11.3. The van der Waals surface area contributed by atoms with Gasteiger partial charge in [0.25, 0.3) is 0 Å². The van der Waals surface area contributed by atoms with E-state index < -0.39 is 0 Å². The van der Waals surface area contributed by atoms with Gasteiger partial charge in [0.2, 0.25) is 0 Å². The monoisotopic (exact) mass is 227 g/mol. The second-order valence-electron chi connectivity index (χ2n) is 5.37. The second kappa shape index (κ2) is 6.58. The first-order valence-corrected chi connectivity index (χ1v) is 6.74. The molecule has 0 radical (unpaired) electrons.